The Labute approximate surface area is 220 Å². The first-order chi connectivity index (χ1) is 17.5. The molecule has 0 saturated carbocycles. The molecule has 1 fully saturated rings. The molecule has 2 aliphatic heterocycles. The fourth-order valence-corrected chi connectivity index (χ4v) is 5.26. The van der Waals surface area contributed by atoms with Gasteiger partial charge in [0.2, 0.25) is 5.91 Å². The van der Waals surface area contributed by atoms with Crippen LogP contribution in [-0.2, 0) is 11.0 Å². The molecule has 12 heteroatoms. The molecular formula is C25H21Cl2F4N5O. The van der Waals surface area contributed by atoms with Gasteiger partial charge in [-0.3, -0.25) is 4.79 Å². The zero-order valence-corrected chi connectivity index (χ0v) is 21.0. The zero-order chi connectivity index (χ0) is 26.5. The fourth-order valence-electron chi connectivity index (χ4n) is 4.84. The van der Waals surface area contributed by atoms with Gasteiger partial charge in [0.1, 0.15) is 11.7 Å². The summed E-state index contributed by atoms with van der Waals surface area (Å²) < 4.78 is 55.0. The van der Waals surface area contributed by atoms with Crippen molar-refractivity contribution in [1.29, 1.82) is 0 Å². The van der Waals surface area contributed by atoms with Gasteiger partial charge in [-0.1, -0.05) is 35.3 Å². The number of alkyl halides is 3. The molecule has 2 aliphatic rings. The third-order valence-electron chi connectivity index (χ3n) is 6.68. The van der Waals surface area contributed by atoms with E-state index in [1.165, 1.54) is 12.1 Å². The van der Waals surface area contributed by atoms with Crippen molar-refractivity contribution in [2.24, 2.45) is 10.9 Å². The second kappa shape index (κ2) is 9.64. The average Bonchev–Trinajstić information content (AvgIpc) is 3.30. The van der Waals surface area contributed by atoms with Crippen LogP contribution in [0.4, 0.5) is 29.1 Å². The van der Waals surface area contributed by atoms with E-state index in [2.05, 4.69) is 10.1 Å². The molecule has 0 N–H and O–H groups in total. The summed E-state index contributed by atoms with van der Waals surface area (Å²) in [6.07, 6.45) is -4.69. The molecule has 2 atom stereocenters. The molecule has 3 aromatic rings. The minimum atomic E-state index is -4.69. The molecule has 6 nitrogen and oxygen atoms in total. The van der Waals surface area contributed by atoms with Crippen LogP contribution < -0.4 is 4.90 Å². The highest BCUT2D eigenvalue weighted by molar-refractivity contribution is 6.42. The van der Waals surface area contributed by atoms with Crippen LogP contribution in [0.2, 0.25) is 10.0 Å². The van der Waals surface area contributed by atoms with Crippen molar-refractivity contribution in [3.63, 3.8) is 0 Å². The summed E-state index contributed by atoms with van der Waals surface area (Å²) in [5.74, 6) is -1.59. The number of nitrogens with zero attached hydrogens (tertiary/aromatic N) is 5. The summed E-state index contributed by atoms with van der Waals surface area (Å²) in [5.41, 5.74) is 0.467. The standard InChI is InChI=1S/C25H21Cl2F4N5O/c1-14-21(24(37)35-11-9-34(10-12-35)16-7-5-15(28)6-8-16)23(17-3-2-4-18(26)22(17)27)36-20(32-14)13-19(33-36)25(29,30)31/h2-8,13,21,23H,9-12H2,1H3. The summed E-state index contributed by atoms with van der Waals surface area (Å²) in [7, 11) is 0. The highest BCUT2D eigenvalue weighted by Crippen LogP contribution is 2.43. The summed E-state index contributed by atoms with van der Waals surface area (Å²) in [6, 6.07) is 10.8. The Bertz CT molecular complexity index is 1360. The molecule has 1 amide bonds. The number of hydrogen-bond acceptors (Lipinski definition) is 4. The number of piperazine rings is 1. The molecule has 5 rings (SSSR count). The number of carbonyl (C=O) groups is 1. The molecule has 0 aliphatic carbocycles. The molecule has 1 aromatic heterocycles. The molecule has 2 unspecified atom stereocenters. The lowest BCUT2D eigenvalue weighted by molar-refractivity contribution is -0.141. The van der Waals surface area contributed by atoms with Gasteiger partial charge in [-0.15, -0.1) is 0 Å². The summed E-state index contributed by atoms with van der Waals surface area (Å²) in [4.78, 5) is 21.9. The predicted molar refractivity (Wildman–Crippen MR) is 133 cm³/mol. The molecule has 1 saturated heterocycles. The molecule has 0 radical (unpaired) electrons. The first kappa shape index (κ1) is 25.5. The van der Waals surface area contributed by atoms with Crippen LogP contribution in [0.1, 0.15) is 24.2 Å². The van der Waals surface area contributed by atoms with Crippen LogP contribution in [0.3, 0.4) is 0 Å². The SMILES string of the molecule is CC1=Nc2cc(C(F)(F)F)nn2C(c2cccc(Cl)c2Cl)C1C(=O)N1CCN(c2ccc(F)cc2)CC1. The van der Waals surface area contributed by atoms with Crippen LogP contribution in [-0.4, -0.2) is 52.5 Å². The van der Waals surface area contributed by atoms with Crippen LogP contribution >= 0.6 is 23.2 Å². The summed E-state index contributed by atoms with van der Waals surface area (Å²) >= 11 is 12.7. The van der Waals surface area contributed by atoms with Gasteiger partial charge in [0.25, 0.3) is 0 Å². The maximum absolute atomic E-state index is 13.9. The minimum Gasteiger partial charge on any atom is -0.368 e. The number of amides is 1. The lowest BCUT2D eigenvalue weighted by Gasteiger charge is -2.40. The van der Waals surface area contributed by atoms with Crippen LogP contribution in [0.15, 0.2) is 53.5 Å². The number of benzene rings is 2. The quantitative estimate of drug-likeness (QED) is 0.373. The second-order valence-electron chi connectivity index (χ2n) is 8.94. The van der Waals surface area contributed by atoms with Crippen molar-refractivity contribution in [2.75, 3.05) is 31.1 Å². The first-order valence-corrected chi connectivity index (χ1v) is 12.3. The van der Waals surface area contributed by atoms with E-state index in [1.807, 2.05) is 4.90 Å². The van der Waals surface area contributed by atoms with Gasteiger partial charge in [0, 0.05) is 43.6 Å². The van der Waals surface area contributed by atoms with Crippen LogP contribution in [0.25, 0.3) is 0 Å². The zero-order valence-electron chi connectivity index (χ0n) is 19.5. The van der Waals surface area contributed by atoms with Gasteiger partial charge >= 0.3 is 6.18 Å². The van der Waals surface area contributed by atoms with Gasteiger partial charge in [0.15, 0.2) is 11.5 Å². The fraction of sp³-hybridized carbons (Fsp3) is 0.320. The summed E-state index contributed by atoms with van der Waals surface area (Å²) in [5, 5.41) is 4.14. The number of hydrogen-bond donors (Lipinski definition) is 0. The Morgan fingerprint density at radius 2 is 1.70 bits per heavy atom. The van der Waals surface area contributed by atoms with Crippen molar-refractivity contribution in [3.05, 3.63) is 75.7 Å². The Kier molecular flexibility index (Phi) is 6.66. The molecule has 37 heavy (non-hydrogen) atoms. The largest absolute Gasteiger partial charge is 0.435 e. The highest BCUT2D eigenvalue weighted by atomic mass is 35.5. The monoisotopic (exact) mass is 553 g/mol. The number of aromatic nitrogens is 2. The van der Waals surface area contributed by atoms with Crippen molar-refractivity contribution < 1.29 is 22.4 Å². The average molecular weight is 554 g/mol. The molecule has 0 bridgehead atoms. The van der Waals surface area contributed by atoms with E-state index >= 15 is 0 Å². The van der Waals surface area contributed by atoms with E-state index in [1.54, 1.807) is 42.2 Å². The van der Waals surface area contributed by atoms with Crippen LogP contribution in [0, 0.1) is 11.7 Å². The predicted octanol–water partition coefficient (Wildman–Crippen LogP) is 6.01. The normalized spacial score (nSPS) is 20.0. The first-order valence-electron chi connectivity index (χ1n) is 11.5. The van der Waals surface area contributed by atoms with Crippen molar-refractivity contribution >= 4 is 46.3 Å². The smallest absolute Gasteiger partial charge is 0.368 e. The number of carbonyl (C=O) groups excluding carboxylic acids is 1. The van der Waals surface area contributed by atoms with E-state index in [4.69, 9.17) is 23.2 Å². The molecule has 0 spiro atoms. The van der Waals surface area contributed by atoms with E-state index < -0.39 is 23.8 Å². The van der Waals surface area contributed by atoms with E-state index in [-0.39, 0.29) is 27.6 Å². The third-order valence-corrected chi connectivity index (χ3v) is 7.51. The van der Waals surface area contributed by atoms with Gasteiger partial charge < -0.3 is 9.80 Å². The number of fused-ring (bicyclic) bond motifs is 1. The van der Waals surface area contributed by atoms with E-state index in [0.717, 1.165) is 16.4 Å². The number of halogens is 6. The van der Waals surface area contributed by atoms with Gasteiger partial charge in [-0.05, 0) is 42.8 Å². The lowest BCUT2D eigenvalue weighted by Crippen LogP contribution is -2.53. The van der Waals surface area contributed by atoms with Crippen molar-refractivity contribution in [3.8, 4) is 0 Å². The van der Waals surface area contributed by atoms with Gasteiger partial charge in [0.05, 0.1) is 16.1 Å². The topological polar surface area (TPSA) is 53.7 Å². The Balaban J connectivity index is 1.48. The number of rotatable bonds is 3. The number of anilines is 1. The number of aliphatic imine (C=N–C) groups is 1. The van der Waals surface area contributed by atoms with Crippen LogP contribution in [0.5, 0.6) is 0 Å². The summed E-state index contributed by atoms with van der Waals surface area (Å²) in [6.45, 7) is 3.38. The Morgan fingerprint density at radius 1 is 1.03 bits per heavy atom. The van der Waals surface area contributed by atoms with Crippen molar-refractivity contribution in [1.82, 2.24) is 14.7 Å². The maximum atomic E-state index is 13.9. The molecule has 194 valence electrons. The second-order valence-corrected chi connectivity index (χ2v) is 9.72. The Hall–Kier alpha value is -3.11. The molecular weight excluding hydrogens is 533 g/mol. The third kappa shape index (κ3) is 4.80. The van der Waals surface area contributed by atoms with Gasteiger partial charge in [-0.2, -0.15) is 18.3 Å². The van der Waals surface area contributed by atoms with E-state index in [9.17, 15) is 22.4 Å². The molecule has 3 heterocycles. The van der Waals surface area contributed by atoms with Gasteiger partial charge in [-0.25, -0.2) is 14.1 Å². The highest BCUT2D eigenvalue weighted by Gasteiger charge is 2.44. The maximum Gasteiger partial charge on any atom is 0.435 e. The minimum absolute atomic E-state index is 0.0175. The lowest BCUT2D eigenvalue weighted by atomic mass is 9.86. The molecule has 2 aromatic carbocycles. The van der Waals surface area contributed by atoms with Crippen molar-refractivity contribution in [2.45, 2.75) is 19.1 Å². The Morgan fingerprint density at radius 3 is 2.35 bits per heavy atom. The van der Waals surface area contributed by atoms with E-state index in [0.29, 0.717) is 37.5 Å².